The van der Waals surface area contributed by atoms with E-state index in [0.29, 0.717) is 56.5 Å². The van der Waals surface area contributed by atoms with Crippen LogP contribution in [0.15, 0.2) is 36.4 Å². The first-order valence-electron chi connectivity index (χ1n) is 16.9. The number of rotatable bonds is 6. The summed E-state index contributed by atoms with van der Waals surface area (Å²) >= 11 is 6.70. The van der Waals surface area contributed by atoms with E-state index in [-0.39, 0.29) is 30.7 Å². The fourth-order valence-electron chi connectivity index (χ4n) is 7.88. The summed E-state index contributed by atoms with van der Waals surface area (Å²) in [6.07, 6.45) is 1.39. The van der Waals surface area contributed by atoms with Crippen molar-refractivity contribution in [1.82, 2.24) is 19.8 Å². The molecule has 0 saturated carbocycles. The molecule has 5 heterocycles. The first-order chi connectivity index (χ1) is 23.0. The van der Waals surface area contributed by atoms with E-state index in [1.165, 1.54) is 0 Å². The normalized spacial score (nSPS) is 25.9. The molecule has 0 spiro atoms. The van der Waals surface area contributed by atoms with Crippen molar-refractivity contribution in [3.8, 4) is 12.1 Å². The second kappa shape index (κ2) is 13.0. The second-order valence-electron chi connectivity index (χ2n) is 14.4. The molecule has 0 bridgehead atoms. The number of aromatic nitrogens is 2. The number of anilines is 1. The highest BCUT2D eigenvalue weighted by Gasteiger charge is 2.49. The van der Waals surface area contributed by atoms with E-state index >= 15 is 0 Å². The van der Waals surface area contributed by atoms with Gasteiger partial charge in [-0.05, 0) is 57.2 Å². The van der Waals surface area contributed by atoms with Crippen molar-refractivity contribution >= 4 is 34.3 Å². The number of alkyl halides is 1. The van der Waals surface area contributed by atoms with Crippen LogP contribution in [0.3, 0.4) is 0 Å². The minimum Gasteiger partial charge on any atom is -0.461 e. The number of carbonyl (C=O) groups is 1. The smallest absolute Gasteiger partial charge is 0.410 e. The molecule has 48 heavy (non-hydrogen) atoms. The average Bonchev–Trinajstić information content (AvgIpc) is 3.58. The topological polar surface area (TPSA) is 104 Å². The summed E-state index contributed by atoms with van der Waals surface area (Å²) in [6.45, 7) is 8.62. The Morgan fingerprint density at radius 3 is 2.77 bits per heavy atom. The summed E-state index contributed by atoms with van der Waals surface area (Å²) < 4.78 is 33.2. The van der Waals surface area contributed by atoms with Gasteiger partial charge in [0.2, 0.25) is 0 Å². The molecular weight excluding hydrogens is 635 g/mol. The monoisotopic (exact) mass is 676 g/mol. The third-order valence-electron chi connectivity index (χ3n) is 10.1. The summed E-state index contributed by atoms with van der Waals surface area (Å²) in [4.78, 5) is 29.0. The van der Waals surface area contributed by atoms with Crippen LogP contribution in [0, 0.1) is 11.3 Å². The van der Waals surface area contributed by atoms with Gasteiger partial charge in [0.15, 0.2) is 0 Å². The lowest BCUT2D eigenvalue weighted by atomic mass is 9.94. The van der Waals surface area contributed by atoms with Crippen molar-refractivity contribution in [2.24, 2.45) is 0 Å². The largest absolute Gasteiger partial charge is 0.461 e. The second-order valence-corrected chi connectivity index (χ2v) is 14.9. The SMILES string of the molecule is CC(C)(C)OC(=O)N1CCN(c2nc(OC[C@@]34CCCN3C[C@H](F)C4)nc3c2CO[C@H](c2cccc4cccc(Cl)c24)C3)C[C@@H]1CC#N. The van der Waals surface area contributed by atoms with Crippen LogP contribution in [0.1, 0.15) is 69.4 Å². The standard InChI is InChI=1S/C36H42ClFN6O4/c1-35(2,3)48-34(45)44-16-15-42(20-25(44)11-13-39)32-27-21-46-30(26-9-4-7-23-8-5-10-28(37)31(23)26)17-29(27)40-33(41-32)47-22-36-12-6-14-43(36)19-24(38)18-36/h4-5,7-10,24-25,30H,6,11-12,14-22H2,1-3H3/t24-,25+,30+,36+/m1/s1. The molecule has 4 aliphatic heterocycles. The number of hydrogen-bond acceptors (Lipinski definition) is 9. The van der Waals surface area contributed by atoms with E-state index in [9.17, 15) is 14.4 Å². The van der Waals surface area contributed by atoms with Crippen LogP contribution >= 0.6 is 11.6 Å². The summed E-state index contributed by atoms with van der Waals surface area (Å²) in [5, 5.41) is 12.4. The number of ether oxygens (including phenoxy) is 3. The highest BCUT2D eigenvalue weighted by Crippen LogP contribution is 2.42. The van der Waals surface area contributed by atoms with Crippen LogP contribution < -0.4 is 9.64 Å². The predicted octanol–water partition coefficient (Wildman–Crippen LogP) is 6.39. The van der Waals surface area contributed by atoms with Gasteiger partial charge in [0.05, 0.1) is 42.5 Å². The number of carbonyl (C=O) groups excluding carboxylic acids is 1. The summed E-state index contributed by atoms with van der Waals surface area (Å²) in [6, 6.07) is 14.1. The van der Waals surface area contributed by atoms with Crippen LogP contribution in [0.25, 0.3) is 10.8 Å². The minimum atomic E-state index is -0.863. The molecule has 1 amide bonds. The number of hydrogen-bond donors (Lipinski definition) is 0. The lowest BCUT2D eigenvalue weighted by molar-refractivity contribution is 0.0140. The molecule has 3 saturated heterocycles. The lowest BCUT2D eigenvalue weighted by Gasteiger charge is -2.42. The van der Waals surface area contributed by atoms with Crippen molar-refractivity contribution in [3.05, 3.63) is 58.2 Å². The Morgan fingerprint density at radius 2 is 1.98 bits per heavy atom. The molecule has 7 rings (SSSR count). The van der Waals surface area contributed by atoms with Gasteiger partial charge in [-0.2, -0.15) is 15.2 Å². The van der Waals surface area contributed by atoms with E-state index in [2.05, 4.69) is 15.9 Å². The molecule has 4 atom stereocenters. The number of benzene rings is 2. The van der Waals surface area contributed by atoms with E-state index in [4.69, 9.17) is 35.8 Å². The maximum absolute atomic E-state index is 14.6. The van der Waals surface area contributed by atoms with E-state index < -0.39 is 23.9 Å². The van der Waals surface area contributed by atoms with Crippen molar-refractivity contribution in [3.63, 3.8) is 0 Å². The van der Waals surface area contributed by atoms with Crippen LogP contribution in [0.4, 0.5) is 15.0 Å². The molecular formula is C36H42ClFN6O4. The molecule has 0 radical (unpaired) electrons. The number of piperazine rings is 1. The van der Waals surface area contributed by atoms with Crippen LogP contribution in [0.5, 0.6) is 6.01 Å². The Labute approximate surface area is 285 Å². The Hall–Kier alpha value is -3.72. The fraction of sp³-hybridized carbons (Fsp3) is 0.556. The highest BCUT2D eigenvalue weighted by molar-refractivity contribution is 6.35. The number of halogens is 2. The lowest BCUT2D eigenvalue weighted by Crippen LogP contribution is -2.56. The summed E-state index contributed by atoms with van der Waals surface area (Å²) in [7, 11) is 0. The van der Waals surface area contributed by atoms with Crippen molar-refractivity contribution in [2.75, 3.05) is 44.2 Å². The first kappa shape index (κ1) is 32.8. The third-order valence-corrected chi connectivity index (χ3v) is 10.4. The molecule has 3 fully saturated rings. The van der Waals surface area contributed by atoms with Crippen molar-refractivity contribution < 1.29 is 23.4 Å². The quantitative estimate of drug-likeness (QED) is 0.294. The highest BCUT2D eigenvalue weighted by atomic mass is 35.5. The van der Waals surface area contributed by atoms with Gasteiger partial charge in [-0.1, -0.05) is 41.9 Å². The molecule has 1 aromatic heterocycles. The van der Waals surface area contributed by atoms with Gasteiger partial charge < -0.3 is 24.0 Å². The van der Waals surface area contributed by atoms with Gasteiger partial charge in [-0.3, -0.25) is 4.90 Å². The van der Waals surface area contributed by atoms with Crippen LogP contribution in [-0.4, -0.2) is 88.5 Å². The summed E-state index contributed by atoms with van der Waals surface area (Å²) in [5.41, 5.74) is 1.67. The Balaban J connectivity index is 1.21. The first-order valence-corrected chi connectivity index (χ1v) is 17.2. The molecule has 12 heteroatoms. The fourth-order valence-corrected chi connectivity index (χ4v) is 8.17. The molecule has 10 nitrogen and oxygen atoms in total. The number of amides is 1. The van der Waals surface area contributed by atoms with E-state index in [1.807, 2.05) is 57.2 Å². The number of nitrogens with zero attached hydrogens (tertiary/aromatic N) is 6. The van der Waals surface area contributed by atoms with E-state index in [0.717, 1.165) is 47.0 Å². The predicted molar refractivity (Wildman–Crippen MR) is 180 cm³/mol. The van der Waals surface area contributed by atoms with Crippen LogP contribution in [0.2, 0.25) is 5.02 Å². The van der Waals surface area contributed by atoms with Gasteiger partial charge in [-0.25, -0.2) is 9.18 Å². The van der Waals surface area contributed by atoms with Gasteiger partial charge in [0.1, 0.15) is 24.2 Å². The molecule has 4 aliphatic rings. The molecule has 254 valence electrons. The van der Waals surface area contributed by atoms with Gasteiger partial charge in [0, 0.05) is 55.0 Å². The third kappa shape index (κ3) is 6.38. The number of fused-ring (bicyclic) bond motifs is 3. The van der Waals surface area contributed by atoms with E-state index in [1.54, 1.807) is 4.90 Å². The van der Waals surface area contributed by atoms with Gasteiger partial charge in [-0.15, -0.1) is 0 Å². The van der Waals surface area contributed by atoms with Crippen LogP contribution in [-0.2, 0) is 22.5 Å². The molecule has 0 unspecified atom stereocenters. The van der Waals surface area contributed by atoms with Crippen molar-refractivity contribution in [2.45, 2.75) is 88.9 Å². The van der Waals surface area contributed by atoms with Gasteiger partial charge >= 0.3 is 12.1 Å². The zero-order valence-corrected chi connectivity index (χ0v) is 28.5. The molecule has 3 aromatic rings. The number of nitriles is 1. The molecule has 0 aliphatic carbocycles. The Bertz CT molecular complexity index is 1740. The Morgan fingerprint density at radius 1 is 1.17 bits per heavy atom. The Kier molecular flexibility index (Phi) is 8.85. The summed E-state index contributed by atoms with van der Waals surface area (Å²) in [5.74, 6) is 0.673. The minimum absolute atomic E-state index is 0.148. The van der Waals surface area contributed by atoms with Crippen molar-refractivity contribution in [1.29, 1.82) is 5.26 Å². The maximum Gasteiger partial charge on any atom is 0.410 e. The zero-order valence-electron chi connectivity index (χ0n) is 27.8. The van der Waals surface area contributed by atoms with Gasteiger partial charge in [0.25, 0.3) is 0 Å². The average molecular weight is 677 g/mol. The zero-order chi connectivity index (χ0) is 33.6. The molecule has 0 N–H and O–H groups in total. The maximum atomic E-state index is 14.6. The molecule has 2 aromatic carbocycles.